The Hall–Kier alpha value is -2.76. The molecule has 6 heteroatoms. The Morgan fingerprint density at radius 2 is 1.93 bits per heavy atom. The number of aromatic nitrogens is 4. The summed E-state index contributed by atoms with van der Waals surface area (Å²) in [5, 5.41) is 8.46. The van der Waals surface area contributed by atoms with E-state index in [1.54, 1.807) is 6.07 Å². The molecule has 140 valence electrons. The van der Waals surface area contributed by atoms with Crippen LogP contribution in [0.4, 0.5) is 5.82 Å². The van der Waals surface area contributed by atoms with Gasteiger partial charge < -0.3 is 5.32 Å². The maximum Gasteiger partial charge on any atom is 0.257 e. The summed E-state index contributed by atoms with van der Waals surface area (Å²) in [4.78, 5) is 22.4. The lowest BCUT2D eigenvalue weighted by molar-refractivity contribution is 0.102. The lowest BCUT2D eigenvalue weighted by Gasteiger charge is -2.20. The van der Waals surface area contributed by atoms with E-state index in [2.05, 4.69) is 31.1 Å². The molecule has 3 aromatic heterocycles. The SMILES string of the molecule is Cc1cccc(NC(=O)c2cc(C3CC3)nc3c2c(C)nn3C(C)(C)C)n1. The number of hydrogen-bond donors (Lipinski definition) is 1. The van der Waals surface area contributed by atoms with Crippen molar-refractivity contribution in [3.05, 3.63) is 46.9 Å². The number of aryl methyl sites for hydroxylation is 2. The van der Waals surface area contributed by atoms with Crippen LogP contribution in [0.3, 0.4) is 0 Å². The highest BCUT2D eigenvalue weighted by molar-refractivity contribution is 6.12. The molecule has 0 atom stereocenters. The van der Waals surface area contributed by atoms with Crippen molar-refractivity contribution in [2.45, 2.75) is 58.9 Å². The summed E-state index contributed by atoms with van der Waals surface area (Å²) < 4.78 is 1.94. The third-order valence-electron chi connectivity index (χ3n) is 4.84. The van der Waals surface area contributed by atoms with Gasteiger partial charge in [-0.3, -0.25) is 4.79 Å². The first-order chi connectivity index (χ1) is 12.7. The van der Waals surface area contributed by atoms with E-state index >= 15 is 0 Å². The molecule has 1 amide bonds. The fraction of sp³-hybridized carbons (Fsp3) is 0.429. The number of carbonyl (C=O) groups is 1. The summed E-state index contributed by atoms with van der Waals surface area (Å²) in [6.07, 6.45) is 2.25. The molecular formula is C21H25N5O. The molecule has 1 saturated carbocycles. The highest BCUT2D eigenvalue weighted by Crippen LogP contribution is 2.41. The molecule has 0 saturated heterocycles. The van der Waals surface area contributed by atoms with Crippen molar-refractivity contribution in [2.75, 3.05) is 5.32 Å². The Labute approximate surface area is 159 Å². The van der Waals surface area contributed by atoms with Crippen LogP contribution in [-0.2, 0) is 5.54 Å². The van der Waals surface area contributed by atoms with E-state index in [0.717, 1.165) is 41.0 Å². The van der Waals surface area contributed by atoms with Gasteiger partial charge in [-0.15, -0.1) is 0 Å². The predicted octanol–water partition coefficient (Wildman–Crippen LogP) is 4.33. The van der Waals surface area contributed by atoms with Gasteiger partial charge in [-0.25, -0.2) is 14.6 Å². The fourth-order valence-corrected chi connectivity index (χ4v) is 3.34. The van der Waals surface area contributed by atoms with Gasteiger partial charge >= 0.3 is 0 Å². The van der Waals surface area contributed by atoms with Crippen LogP contribution < -0.4 is 5.32 Å². The summed E-state index contributed by atoms with van der Waals surface area (Å²) in [7, 11) is 0. The van der Waals surface area contributed by atoms with Gasteiger partial charge in [-0.2, -0.15) is 5.10 Å². The summed E-state index contributed by atoms with van der Waals surface area (Å²) in [6, 6.07) is 7.53. The van der Waals surface area contributed by atoms with E-state index in [4.69, 9.17) is 10.1 Å². The van der Waals surface area contributed by atoms with E-state index in [1.165, 1.54) is 0 Å². The Morgan fingerprint density at radius 1 is 1.19 bits per heavy atom. The second-order valence-corrected chi connectivity index (χ2v) is 8.35. The van der Waals surface area contributed by atoms with Crippen molar-refractivity contribution in [1.82, 2.24) is 19.7 Å². The van der Waals surface area contributed by atoms with Crippen LogP contribution in [0.1, 0.15) is 67.0 Å². The van der Waals surface area contributed by atoms with Gasteiger partial charge in [-0.1, -0.05) is 6.07 Å². The fourth-order valence-electron chi connectivity index (χ4n) is 3.34. The number of nitrogens with one attached hydrogen (secondary N) is 1. The van der Waals surface area contributed by atoms with Gasteiger partial charge in [0.25, 0.3) is 5.91 Å². The van der Waals surface area contributed by atoms with Gasteiger partial charge in [0.1, 0.15) is 5.82 Å². The molecule has 3 heterocycles. The average Bonchev–Trinajstić information content (AvgIpc) is 3.37. The number of carbonyl (C=O) groups excluding carboxylic acids is 1. The van der Waals surface area contributed by atoms with Crippen molar-refractivity contribution in [2.24, 2.45) is 0 Å². The van der Waals surface area contributed by atoms with Crippen molar-refractivity contribution >= 4 is 22.8 Å². The van der Waals surface area contributed by atoms with Crippen molar-refractivity contribution < 1.29 is 4.79 Å². The first kappa shape index (κ1) is 17.6. The van der Waals surface area contributed by atoms with Crippen LogP contribution in [-0.4, -0.2) is 25.7 Å². The number of fused-ring (bicyclic) bond motifs is 1. The van der Waals surface area contributed by atoms with Gasteiger partial charge in [0.2, 0.25) is 0 Å². The number of rotatable bonds is 3. The van der Waals surface area contributed by atoms with E-state index in [0.29, 0.717) is 17.3 Å². The largest absolute Gasteiger partial charge is 0.307 e. The maximum atomic E-state index is 13.1. The van der Waals surface area contributed by atoms with Crippen LogP contribution in [0, 0.1) is 13.8 Å². The Bertz CT molecular complexity index is 1040. The molecule has 0 spiro atoms. The molecule has 0 aliphatic heterocycles. The highest BCUT2D eigenvalue weighted by Gasteiger charge is 2.30. The minimum Gasteiger partial charge on any atom is -0.307 e. The zero-order valence-corrected chi connectivity index (χ0v) is 16.5. The molecule has 3 aromatic rings. The lowest BCUT2D eigenvalue weighted by atomic mass is 10.1. The molecule has 0 bridgehead atoms. The van der Waals surface area contributed by atoms with E-state index in [-0.39, 0.29) is 11.4 Å². The minimum atomic E-state index is -0.215. The molecule has 1 N–H and O–H groups in total. The van der Waals surface area contributed by atoms with Crippen LogP contribution in [0.15, 0.2) is 24.3 Å². The smallest absolute Gasteiger partial charge is 0.257 e. The highest BCUT2D eigenvalue weighted by atomic mass is 16.1. The third-order valence-corrected chi connectivity index (χ3v) is 4.84. The third kappa shape index (κ3) is 3.31. The maximum absolute atomic E-state index is 13.1. The summed E-state index contributed by atoms with van der Waals surface area (Å²) in [6.45, 7) is 10.1. The molecule has 6 nitrogen and oxygen atoms in total. The topological polar surface area (TPSA) is 72.7 Å². The van der Waals surface area contributed by atoms with Crippen molar-refractivity contribution in [3.8, 4) is 0 Å². The number of amides is 1. The summed E-state index contributed by atoms with van der Waals surface area (Å²) in [5.41, 5.74) is 3.86. The second-order valence-electron chi connectivity index (χ2n) is 8.35. The number of pyridine rings is 2. The predicted molar refractivity (Wildman–Crippen MR) is 106 cm³/mol. The normalized spacial score (nSPS) is 14.6. The Kier molecular flexibility index (Phi) is 4.02. The zero-order chi connectivity index (χ0) is 19.3. The molecule has 4 rings (SSSR count). The van der Waals surface area contributed by atoms with Crippen molar-refractivity contribution in [1.29, 1.82) is 0 Å². The van der Waals surface area contributed by atoms with Gasteiger partial charge in [0, 0.05) is 17.3 Å². The quantitative estimate of drug-likeness (QED) is 0.752. The average molecular weight is 363 g/mol. The zero-order valence-electron chi connectivity index (χ0n) is 16.5. The minimum absolute atomic E-state index is 0.168. The van der Waals surface area contributed by atoms with E-state index in [1.807, 2.05) is 36.7 Å². The van der Waals surface area contributed by atoms with E-state index in [9.17, 15) is 4.79 Å². The van der Waals surface area contributed by atoms with Crippen molar-refractivity contribution in [3.63, 3.8) is 0 Å². The molecule has 0 aromatic carbocycles. The molecule has 1 aliphatic rings. The van der Waals surface area contributed by atoms with Crippen LogP contribution in [0.25, 0.3) is 11.0 Å². The molecule has 0 unspecified atom stereocenters. The summed E-state index contributed by atoms with van der Waals surface area (Å²) >= 11 is 0. The van der Waals surface area contributed by atoms with Crippen LogP contribution >= 0.6 is 0 Å². The van der Waals surface area contributed by atoms with Crippen LogP contribution in [0.2, 0.25) is 0 Å². The molecule has 1 aliphatic carbocycles. The molecule has 1 fully saturated rings. The lowest BCUT2D eigenvalue weighted by Crippen LogP contribution is -2.24. The number of anilines is 1. The molecule has 0 radical (unpaired) electrons. The molecular weight excluding hydrogens is 338 g/mol. The van der Waals surface area contributed by atoms with E-state index < -0.39 is 0 Å². The first-order valence-electron chi connectivity index (χ1n) is 9.40. The Balaban J connectivity index is 1.86. The van der Waals surface area contributed by atoms with Gasteiger partial charge in [0.15, 0.2) is 5.65 Å². The van der Waals surface area contributed by atoms with Crippen LogP contribution in [0.5, 0.6) is 0 Å². The van der Waals surface area contributed by atoms with Gasteiger partial charge in [0.05, 0.1) is 22.2 Å². The molecule has 27 heavy (non-hydrogen) atoms. The second kappa shape index (κ2) is 6.15. The number of hydrogen-bond acceptors (Lipinski definition) is 4. The number of nitrogens with zero attached hydrogens (tertiary/aromatic N) is 4. The monoisotopic (exact) mass is 363 g/mol. The standard InChI is InChI=1S/C21H25N5O/c1-12-7-6-8-17(22-12)24-20(27)15-11-16(14-9-10-14)23-19-18(15)13(2)25-26(19)21(3,4)5/h6-8,11,14H,9-10H2,1-5H3,(H,22,24,27). The first-order valence-corrected chi connectivity index (χ1v) is 9.40. The summed E-state index contributed by atoms with van der Waals surface area (Å²) in [5.74, 6) is 0.833. The Morgan fingerprint density at radius 3 is 2.56 bits per heavy atom. The van der Waals surface area contributed by atoms with Gasteiger partial charge in [-0.05, 0) is 65.7 Å².